The number of hydrogen-bond acceptors (Lipinski definition) is 2. The van der Waals surface area contributed by atoms with Crippen LogP contribution in [0.3, 0.4) is 0 Å². The van der Waals surface area contributed by atoms with Gasteiger partial charge >= 0.3 is 0 Å². The fourth-order valence-electron chi connectivity index (χ4n) is 1.50. The van der Waals surface area contributed by atoms with Gasteiger partial charge in [0.05, 0.1) is 0 Å². The quantitative estimate of drug-likeness (QED) is 0.712. The maximum Gasteiger partial charge on any atom is 0.0321 e. The van der Waals surface area contributed by atoms with Gasteiger partial charge in [0.15, 0.2) is 0 Å². The Hall–Kier alpha value is 0.350. The Morgan fingerprint density at radius 1 is 1.07 bits per heavy atom. The molecule has 0 saturated heterocycles. The highest BCUT2D eigenvalue weighted by molar-refractivity contribution is 7.53. The van der Waals surface area contributed by atoms with Gasteiger partial charge in [-0.25, -0.2) is 0 Å². The van der Waals surface area contributed by atoms with Crippen molar-refractivity contribution in [1.82, 2.24) is 5.32 Å². The molecule has 3 atom stereocenters. The molecule has 0 aromatic rings. The molecule has 0 spiro atoms. The molecule has 0 aromatic heterocycles. The van der Waals surface area contributed by atoms with Crippen LogP contribution in [0.5, 0.6) is 0 Å². The summed E-state index contributed by atoms with van der Waals surface area (Å²) in [5, 5.41) is 3.51. The summed E-state index contributed by atoms with van der Waals surface area (Å²) in [6, 6.07) is 0.369. The van der Waals surface area contributed by atoms with Gasteiger partial charge in [-0.1, -0.05) is 20.8 Å². The molecule has 3 heteroatoms. The van der Waals surface area contributed by atoms with E-state index in [0.717, 1.165) is 0 Å². The summed E-state index contributed by atoms with van der Waals surface area (Å²) >= 11 is 0. The number of hydrogen-bond donors (Lipinski definition) is 2. The van der Waals surface area contributed by atoms with Crippen molar-refractivity contribution in [1.29, 1.82) is 0 Å². The van der Waals surface area contributed by atoms with Crippen molar-refractivity contribution in [2.24, 2.45) is 0 Å². The van der Waals surface area contributed by atoms with E-state index in [9.17, 15) is 4.89 Å². The van der Waals surface area contributed by atoms with Gasteiger partial charge in [0, 0.05) is 25.4 Å². The molecule has 0 aliphatic heterocycles. The van der Waals surface area contributed by atoms with E-state index >= 15 is 0 Å². The van der Waals surface area contributed by atoms with Gasteiger partial charge in [-0.3, -0.25) is 0 Å². The van der Waals surface area contributed by atoms with E-state index in [4.69, 9.17) is 0 Å². The van der Waals surface area contributed by atoms with Gasteiger partial charge in [0.1, 0.15) is 0 Å². The van der Waals surface area contributed by atoms with E-state index in [1.54, 1.807) is 0 Å². The molecule has 0 saturated carbocycles. The zero-order valence-electron chi connectivity index (χ0n) is 10.6. The Morgan fingerprint density at radius 3 is 1.79 bits per heavy atom. The predicted octanol–water partition coefficient (Wildman–Crippen LogP) is 2.95. The molecule has 0 bridgehead atoms. The lowest BCUT2D eigenvalue weighted by Crippen LogP contribution is -2.46. The van der Waals surface area contributed by atoms with Gasteiger partial charge in [-0.05, 0) is 33.4 Å². The molecular weight excluding hydrogens is 193 g/mol. The molecular formula is C11H26NOP. The summed E-state index contributed by atoms with van der Waals surface area (Å²) in [5.41, 5.74) is 0.870. The van der Waals surface area contributed by atoms with Gasteiger partial charge in [0.25, 0.3) is 0 Å². The number of rotatable bonds is 4. The van der Waals surface area contributed by atoms with Crippen molar-refractivity contribution in [3.63, 3.8) is 0 Å². The van der Waals surface area contributed by atoms with E-state index in [0.29, 0.717) is 17.4 Å². The SMILES string of the molecule is CC(NC(C)(C)C)C(C)P(O)C(C)C. The Morgan fingerprint density at radius 2 is 1.50 bits per heavy atom. The van der Waals surface area contributed by atoms with E-state index in [1.165, 1.54) is 0 Å². The summed E-state index contributed by atoms with van der Waals surface area (Å²) in [4.78, 5) is 9.99. The Kier molecular flexibility index (Phi) is 5.57. The topological polar surface area (TPSA) is 32.3 Å². The summed E-state index contributed by atoms with van der Waals surface area (Å²) in [5.74, 6) is 0. The highest BCUT2D eigenvalue weighted by Crippen LogP contribution is 2.43. The zero-order chi connectivity index (χ0) is 11.5. The molecule has 0 fully saturated rings. The first kappa shape index (κ1) is 14.3. The first-order valence-electron chi connectivity index (χ1n) is 5.40. The monoisotopic (exact) mass is 219 g/mol. The molecule has 0 radical (unpaired) electrons. The molecule has 0 rings (SSSR count). The van der Waals surface area contributed by atoms with Gasteiger partial charge in [-0.15, -0.1) is 0 Å². The van der Waals surface area contributed by atoms with Gasteiger partial charge in [-0.2, -0.15) is 0 Å². The van der Waals surface area contributed by atoms with Crippen LogP contribution >= 0.6 is 8.15 Å². The van der Waals surface area contributed by atoms with Crippen LogP contribution in [0.4, 0.5) is 0 Å². The third-order valence-electron chi connectivity index (χ3n) is 2.33. The molecule has 0 heterocycles. The van der Waals surface area contributed by atoms with Crippen molar-refractivity contribution in [2.75, 3.05) is 0 Å². The lowest BCUT2D eigenvalue weighted by Gasteiger charge is -2.33. The Balaban J connectivity index is 4.18. The molecule has 2 nitrogen and oxygen atoms in total. The maximum absolute atomic E-state index is 9.99. The van der Waals surface area contributed by atoms with Crippen LogP contribution in [0.15, 0.2) is 0 Å². The van der Waals surface area contributed by atoms with Crippen molar-refractivity contribution in [3.05, 3.63) is 0 Å². The van der Waals surface area contributed by atoms with E-state index in [1.807, 2.05) is 0 Å². The second-order valence-corrected chi connectivity index (χ2v) is 8.00. The Bertz CT molecular complexity index is 165. The third-order valence-corrected chi connectivity index (χ3v) is 4.67. The minimum Gasteiger partial charge on any atom is -0.373 e. The normalized spacial score (nSPS) is 19.5. The van der Waals surface area contributed by atoms with Crippen LogP contribution in [0.25, 0.3) is 0 Å². The average Bonchev–Trinajstić information content (AvgIpc) is 1.98. The fraction of sp³-hybridized carbons (Fsp3) is 1.00. The lowest BCUT2D eigenvalue weighted by molar-refractivity contribution is 0.364. The number of nitrogens with one attached hydrogen (secondary N) is 1. The molecule has 2 N–H and O–H groups in total. The van der Waals surface area contributed by atoms with Crippen LogP contribution in [0.2, 0.25) is 0 Å². The maximum atomic E-state index is 9.99. The summed E-state index contributed by atoms with van der Waals surface area (Å²) < 4.78 is 0. The minimum atomic E-state index is -0.856. The molecule has 0 aliphatic rings. The standard InChI is InChI=1S/C11H26NOP/c1-8(2)14(13)10(4)9(3)12-11(5,6)7/h8-10,12-13H,1-7H3. The summed E-state index contributed by atoms with van der Waals surface area (Å²) in [6.45, 7) is 14.9. The fourth-order valence-corrected chi connectivity index (χ4v) is 2.98. The zero-order valence-corrected chi connectivity index (χ0v) is 11.5. The highest BCUT2D eigenvalue weighted by atomic mass is 31.1. The third kappa shape index (κ3) is 5.29. The van der Waals surface area contributed by atoms with Gasteiger partial charge < -0.3 is 10.2 Å². The smallest absolute Gasteiger partial charge is 0.0321 e. The first-order valence-corrected chi connectivity index (χ1v) is 6.83. The second kappa shape index (κ2) is 5.44. The minimum absolute atomic E-state index is 0.126. The van der Waals surface area contributed by atoms with Crippen molar-refractivity contribution < 1.29 is 4.89 Å². The molecule has 3 unspecified atom stereocenters. The van der Waals surface area contributed by atoms with Crippen LogP contribution in [-0.2, 0) is 0 Å². The van der Waals surface area contributed by atoms with E-state index in [-0.39, 0.29) is 5.54 Å². The van der Waals surface area contributed by atoms with Crippen molar-refractivity contribution in [3.8, 4) is 0 Å². The van der Waals surface area contributed by atoms with E-state index < -0.39 is 8.15 Å². The van der Waals surface area contributed by atoms with Gasteiger partial charge in [0.2, 0.25) is 0 Å². The predicted molar refractivity (Wildman–Crippen MR) is 66.1 cm³/mol. The largest absolute Gasteiger partial charge is 0.373 e. The van der Waals surface area contributed by atoms with Crippen molar-refractivity contribution in [2.45, 2.75) is 71.4 Å². The van der Waals surface area contributed by atoms with Crippen molar-refractivity contribution >= 4 is 8.15 Å². The lowest BCUT2D eigenvalue weighted by atomic mass is 10.1. The van der Waals surface area contributed by atoms with Crippen LogP contribution in [-0.4, -0.2) is 27.8 Å². The average molecular weight is 219 g/mol. The van der Waals surface area contributed by atoms with Crippen LogP contribution in [0.1, 0.15) is 48.5 Å². The molecule has 86 valence electrons. The molecule has 0 amide bonds. The van der Waals surface area contributed by atoms with Crippen LogP contribution < -0.4 is 5.32 Å². The molecule has 0 aliphatic carbocycles. The summed E-state index contributed by atoms with van der Waals surface area (Å²) in [7, 11) is -0.856. The summed E-state index contributed by atoms with van der Waals surface area (Å²) in [6.07, 6.45) is 0. The Labute approximate surface area is 90.3 Å². The van der Waals surface area contributed by atoms with Crippen LogP contribution in [0, 0.1) is 0 Å². The molecule has 0 aromatic carbocycles. The highest BCUT2D eigenvalue weighted by Gasteiger charge is 2.25. The van der Waals surface area contributed by atoms with E-state index in [2.05, 4.69) is 53.8 Å². The second-order valence-electron chi connectivity index (χ2n) is 5.40. The molecule has 14 heavy (non-hydrogen) atoms. The first-order chi connectivity index (χ1) is 6.15.